The summed E-state index contributed by atoms with van der Waals surface area (Å²) in [7, 11) is 0. The normalized spacial score (nSPS) is 15.5. The van der Waals surface area contributed by atoms with E-state index in [1.54, 1.807) is 11.1 Å². The molecule has 0 aliphatic carbocycles. The highest BCUT2D eigenvalue weighted by molar-refractivity contribution is 5.69. The van der Waals surface area contributed by atoms with E-state index in [0.29, 0.717) is 26.2 Å². The van der Waals surface area contributed by atoms with Crippen LogP contribution in [0.5, 0.6) is 0 Å². The van der Waals surface area contributed by atoms with Gasteiger partial charge in [-0.3, -0.25) is 4.98 Å². The quantitative estimate of drug-likeness (QED) is 0.905. The van der Waals surface area contributed by atoms with Crippen LogP contribution in [0, 0.1) is 0 Å². The predicted octanol–water partition coefficient (Wildman–Crippen LogP) is 2.24. The third kappa shape index (κ3) is 3.59. The highest BCUT2D eigenvalue weighted by Crippen LogP contribution is 2.23. The lowest BCUT2D eigenvalue weighted by atomic mass is 9.88. The third-order valence-electron chi connectivity index (χ3n) is 3.16. The van der Waals surface area contributed by atoms with E-state index in [1.165, 1.54) is 5.56 Å². The number of nitrogens with zero attached hydrogens (tertiary/aromatic N) is 2. The maximum atomic E-state index is 11.3. The Morgan fingerprint density at radius 2 is 2.21 bits per heavy atom. The van der Waals surface area contributed by atoms with Gasteiger partial charge in [-0.2, -0.15) is 0 Å². The Bertz CT molecular complexity index is 454. The third-order valence-corrected chi connectivity index (χ3v) is 3.16. The van der Waals surface area contributed by atoms with Crippen LogP contribution < -0.4 is 5.32 Å². The Morgan fingerprint density at radius 3 is 2.84 bits per heavy atom. The molecule has 1 aliphatic rings. The number of carbonyl (C=O) groups excluding carboxylic acids is 1. The van der Waals surface area contributed by atoms with Crippen molar-refractivity contribution in [3.8, 4) is 0 Å². The summed E-state index contributed by atoms with van der Waals surface area (Å²) >= 11 is 0. The van der Waals surface area contributed by atoms with Gasteiger partial charge in [-0.1, -0.05) is 20.8 Å². The molecule has 0 unspecified atom stereocenters. The first-order valence-electron chi connectivity index (χ1n) is 6.58. The van der Waals surface area contributed by atoms with Gasteiger partial charge in [-0.05, 0) is 17.0 Å². The van der Waals surface area contributed by atoms with E-state index in [-0.39, 0.29) is 11.5 Å². The smallest absolute Gasteiger partial charge is 0.409 e. The maximum Gasteiger partial charge on any atom is 0.409 e. The van der Waals surface area contributed by atoms with E-state index in [9.17, 15) is 4.79 Å². The van der Waals surface area contributed by atoms with Gasteiger partial charge in [0.2, 0.25) is 0 Å². The predicted molar refractivity (Wildman–Crippen MR) is 74.3 cm³/mol. The van der Waals surface area contributed by atoms with Crippen LogP contribution in [0.15, 0.2) is 18.5 Å². The number of cyclic esters (lactones) is 1. The van der Waals surface area contributed by atoms with E-state index < -0.39 is 0 Å². The largest absolute Gasteiger partial charge is 0.448 e. The van der Waals surface area contributed by atoms with E-state index in [2.05, 4.69) is 37.1 Å². The number of hydrogen-bond donors (Lipinski definition) is 1. The molecule has 1 amide bonds. The molecule has 0 radical (unpaired) electrons. The minimum Gasteiger partial charge on any atom is -0.448 e. The van der Waals surface area contributed by atoms with Gasteiger partial charge in [0.1, 0.15) is 6.61 Å². The fourth-order valence-electron chi connectivity index (χ4n) is 1.91. The second kappa shape index (κ2) is 5.47. The molecular formula is C14H21N3O2. The van der Waals surface area contributed by atoms with Gasteiger partial charge >= 0.3 is 6.09 Å². The van der Waals surface area contributed by atoms with E-state index in [4.69, 9.17) is 4.74 Å². The number of anilines is 1. The Morgan fingerprint density at radius 1 is 1.42 bits per heavy atom. The van der Waals surface area contributed by atoms with Crippen LogP contribution in [0.1, 0.15) is 26.3 Å². The number of carbonyl (C=O) groups is 1. The Balaban J connectivity index is 1.87. The molecule has 104 valence electrons. The van der Waals surface area contributed by atoms with Crippen LogP contribution in [0.25, 0.3) is 0 Å². The molecular weight excluding hydrogens is 242 g/mol. The SMILES string of the molecule is CC(C)(C)c1cncc(NCCN2CCOC2=O)c1. The summed E-state index contributed by atoms with van der Waals surface area (Å²) in [6.45, 7) is 9.01. The molecule has 1 aromatic rings. The molecule has 1 fully saturated rings. The molecule has 1 aromatic heterocycles. The summed E-state index contributed by atoms with van der Waals surface area (Å²) in [5, 5.41) is 3.29. The van der Waals surface area contributed by atoms with Crippen LogP contribution in [-0.4, -0.2) is 42.2 Å². The topological polar surface area (TPSA) is 54.5 Å². The maximum absolute atomic E-state index is 11.3. The highest BCUT2D eigenvalue weighted by atomic mass is 16.6. The molecule has 19 heavy (non-hydrogen) atoms. The minimum absolute atomic E-state index is 0.0868. The first-order chi connectivity index (χ1) is 8.97. The summed E-state index contributed by atoms with van der Waals surface area (Å²) in [6.07, 6.45) is 3.48. The molecule has 1 N–H and O–H groups in total. The minimum atomic E-state index is -0.219. The first kappa shape index (κ1) is 13.6. The average molecular weight is 263 g/mol. The van der Waals surface area contributed by atoms with Gasteiger partial charge in [0.25, 0.3) is 0 Å². The number of amides is 1. The van der Waals surface area contributed by atoms with Crippen molar-refractivity contribution in [3.63, 3.8) is 0 Å². The van der Waals surface area contributed by atoms with E-state index >= 15 is 0 Å². The van der Waals surface area contributed by atoms with Crippen molar-refractivity contribution in [1.82, 2.24) is 9.88 Å². The molecule has 0 spiro atoms. The molecule has 1 aliphatic heterocycles. The van der Waals surface area contributed by atoms with Crippen molar-refractivity contribution in [2.75, 3.05) is 31.6 Å². The van der Waals surface area contributed by atoms with Crippen LogP contribution in [0.3, 0.4) is 0 Å². The zero-order chi connectivity index (χ0) is 13.9. The molecule has 5 nitrogen and oxygen atoms in total. The molecule has 2 heterocycles. The van der Waals surface area contributed by atoms with Gasteiger partial charge in [-0.25, -0.2) is 4.79 Å². The second-order valence-corrected chi connectivity index (χ2v) is 5.74. The van der Waals surface area contributed by atoms with Gasteiger partial charge in [-0.15, -0.1) is 0 Å². The molecule has 0 atom stereocenters. The average Bonchev–Trinajstić information content (AvgIpc) is 2.75. The number of rotatable bonds is 4. The van der Waals surface area contributed by atoms with Crippen molar-refractivity contribution < 1.29 is 9.53 Å². The Hall–Kier alpha value is -1.78. The fourth-order valence-corrected chi connectivity index (χ4v) is 1.91. The highest BCUT2D eigenvalue weighted by Gasteiger charge is 2.21. The van der Waals surface area contributed by atoms with Crippen molar-refractivity contribution in [2.45, 2.75) is 26.2 Å². The number of ether oxygens (including phenoxy) is 1. The zero-order valence-electron chi connectivity index (χ0n) is 11.8. The number of nitrogens with one attached hydrogen (secondary N) is 1. The van der Waals surface area contributed by atoms with Crippen LogP contribution >= 0.6 is 0 Å². The lowest BCUT2D eigenvalue weighted by Gasteiger charge is -2.19. The molecule has 0 saturated carbocycles. The summed E-state index contributed by atoms with van der Waals surface area (Å²) in [6, 6.07) is 2.11. The number of hydrogen-bond acceptors (Lipinski definition) is 4. The lowest BCUT2D eigenvalue weighted by molar-refractivity contribution is 0.159. The molecule has 2 rings (SSSR count). The summed E-state index contributed by atoms with van der Waals surface area (Å²) in [4.78, 5) is 17.2. The number of aromatic nitrogens is 1. The van der Waals surface area contributed by atoms with Crippen molar-refractivity contribution >= 4 is 11.8 Å². The van der Waals surface area contributed by atoms with Gasteiger partial charge in [0, 0.05) is 25.5 Å². The standard InChI is InChI=1S/C14H21N3O2/c1-14(2,3)11-8-12(10-15-9-11)16-4-5-17-6-7-19-13(17)18/h8-10,16H,4-7H2,1-3H3. The first-order valence-corrected chi connectivity index (χ1v) is 6.58. The van der Waals surface area contributed by atoms with Crippen molar-refractivity contribution in [2.24, 2.45) is 0 Å². The summed E-state index contributed by atoms with van der Waals surface area (Å²) in [5.74, 6) is 0. The van der Waals surface area contributed by atoms with Gasteiger partial charge in [0.15, 0.2) is 0 Å². The van der Waals surface area contributed by atoms with Gasteiger partial charge in [0.05, 0.1) is 12.2 Å². The van der Waals surface area contributed by atoms with Gasteiger partial charge < -0.3 is 15.0 Å². The van der Waals surface area contributed by atoms with Crippen LogP contribution in [0.2, 0.25) is 0 Å². The molecule has 0 bridgehead atoms. The number of pyridine rings is 1. The van der Waals surface area contributed by atoms with E-state index in [1.807, 2.05) is 6.20 Å². The van der Waals surface area contributed by atoms with Crippen LogP contribution in [0.4, 0.5) is 10.5 Å². The Labute approximate surface area is 114 Å². The zero-order valence-corrected chi connectivity index (χ0v) is 11.8. The molecule has 0 aromatic carbocycles. The summed E-state index contributed by atoms with van der Waals surface area (Å²) in [5.41, 5.74) is 2.27. The monoisotopic (exact) mass is 263 g/mol. The molecule has 1 saturated heterocycles. The van der Waals surface area contributed by atoms with E-state index in [0.717, 1.165) is 5.69 Å². The summed E-state index contributed by atoms with van der Waals surface area (Å²) < 4.78 is 4.88. The Kier molecular flexibility index (Phi) is 3.93. The molecule has 5 heteroatoms. The lowest BCUT2D eigenvalue weighted by Crippen LogP contribution is -2.29. The fraction of sp³-hybridized carbons (Fsp3) is 0.571. The second-order valence-electron chi connectivity index (χ2n) is 5.74. The van der Waals surface area contributed by atoms with Crippen molar-refractivity contribution in [3.05, 3.63) is 24.0 Å². The van der Waals surface area contributed by atoms with Crippen molar-refractivity contribution in [1.29, 1.82) is 0 Å². The van der Waals surface area contributed by atoms with Crippen LogP contribution in [-0.2, 0) is 10.2 Å².